The predicted molar refractivity (Wildman–Crippen MR) is 110 cm³/mol. The molecule has 0 fully saturated rings. The van der Waals surface area contributed by atoms with Gasteiger partial charge in [0.2, 0.25) is 0 Å². The number of benzene rings is 2. The third-order valence-electron chi connectivity index (χ3n) is 4.12. The normalized spacial score (nSPS) is 10.5. The molecule has 0 saturated carbocycles. The van der Waals surface area contributed by atoms with E-state index in [2.05, 4.69) is 10.1 Å². The van der Waals surface area contributed by atoms with Gasteiger partial charge in [0.05, 0.1) is 13.5 Å². The number of methoxy groups -OCH3 is 1. The van der Waals surface area contributed by atoms with Gasteiger partial charge in [0, 0.05) is 18.5 Å². The number of carbonyl (C=O) groups excluding carboxylic acids is 3. The SMILES string of the molecule is COC(=O)CCC(=O)c1ccc(C=CCCNC(=O)OCc2ccccc2)cc1. The molecule has 0 aliphatic carbocycles. The molecule has 2 aromatic carbocycles. The number of nitrogens with one attached hydrogen (secondary N) is 1. The number of hydrogen-bond donors (Lipinski definition) is 1. The summed E-state index contributed by atoms with van der Waals surface area (Å²) in [6, 6.07) is 16.6. The molecule has 2 aromatic rings. The van der Waals surface area contributed by atoms with Crippen LogP contribution in [-0.2, 0) is 20.9 Å². The standard InChI is InChI=1S/C23H25NO5/c1-28-22(26)15-14-21(25)20-12-10-18(11-13-20)7-5-6-16-24-23(27)29-17-19-8-3-2-4-9-19/h2-5,7-13H,6,14-17H2,1H3,(H,24,27). The Morgan fingerprint density at radius 3 is 2.38 bits per heavy atom. The van der Waals surface area contributed by atoms with Gasteiger partial charge in [0.15, 0.2) is 5.78 Å². The highest BCUT2D eigenvalue weighted by atomic mass is 16.5. The topological polar surface area (TPSA) is 81.7 Å². The van der Waals surface area contributed by atoms with E-state index in [0.29, 0.717) is 18.5 Å². The minimum Gasteiger partial charge on any atom is -0.469 e. The molecule has 6 heteroatoms. The monoisotopic (exact) mass is 395 g/mol. The van der Waals surface area contributed by atoms with Gasteiger partial charge in [0.25, 0.3) is 0 Å². The number of hydrogen-bond acceptors (Lipinski definition) is 5. The summed E-state index contributed by atoms with van der Waals surface area (Å²) in [5, 5.41) is 2.70. The summed E-state index contributed by atoms with van der Waals surface area (Å²) in [6.45, 7) is 0.710. The molecule has 1 N–H and O–H groups in total. The Balaban J connectivity index is 1.66. The minimum atomic E-state index is -0.447. The summed E-state index contributed by atoms with van der Waals surface area (Å²) in [4.78, 5) is 34.8. The van der Waals surface area contributed by atoms with Crippen LogP contribution in [0.5, 0.6) is 0 Å². The van der Waals surface area contributed by atoms with Crippen LogP contribution in [0.1, 0.15) is 40.7 Å². The van der Waals surface area contributed by atoms with Crippen molar-refractivity contribution in [3.8, 4) is 0 Å². The maximum atomic E-state index is 12.0. The first-order valence-electron chi connectivity index (χ1n) is 9.39. The van der Waals surface area contributed by atoms with Gasteiger partial charge in [-0.25, -0.2) is 4.79 Å². The van der Waals surface area contributed by atoms with E-state index in [1.165, 1.54) is 7.11 Å². The summed E-state index contributed by atoms with van der Waals surface area (Å²) in [5.74, 6) is -0.486. The lowest BCUT2D eigenvalue weighted by Gasteiger charge is -2.06. The first-order valence-corrected chi connectivity index (χ1v) is 9.39. The molecular formula is C23H25NO5. The van der Waals surface area contributed by atoms with E-state index in [0.717, 1.165) is 11.1 Å². The van der Waals surface area contributed by atoms with Crippen LogP contribution in [-0.4, -0.2) is 31.5 Å². The van der Waals surface area contributed by atoms with Gasteiger partial charge >= 0.3 is 12.1 Å². The fourth-order valence-corrected chi connectivity index (χ4v) is 2.49. The average Bonchev–Trinajstić information content (AvgIpc) is 2.76. The molecule has 0 saturated heterocycles. The lowest BCUT2D eigenvalue weighted by molar-refractivity contribution is -0.140. The van der Waals surface area contributed by atoms with E-state index in [9.17, 15) is 14.4 Å². The smallest absolute Gasteiger partial charge is 0.407 e. The van der Waals surface area contributed by atoms with Crippen LogP contribution in [0.15, 0.2) is 60.7 Å². The largest absolute Gasteiger partial charge is 0.469 e. The quantitative estimate of drug-likeness (QED) is 0.371. The number of rotatable bonds is 10. The molecule has 0 unspecified atom stereocenters. The van der Waals surface area contributed by atoms with Crippen LogP contribution in [0.3, 0.4) is 0 Å². The summed E-state index contributed by atoms with van der Waals surface area (Å²) in [6.07, 6.45) is 4.27. The number of esters is 1. The Morgan fingerprint density at radius 1 is 0.966 bits per heavy atom. The molecule has 0 radical (unpaired) electrons. The molecule has 152 valence electrons. The van der Waals surface area contributed by atoms with Crippen LogP contribution in [0.4, 0.5) is 4.79 Å². The van der Waals surface area contributed by atoms with Crippen LogP contribution >= 0.6 is 0 Å². The van der Waals surface area contributed by atoms with Crippen LogP contribution in [0, 0.1) is 0 Å². The average molecular weight is 395 g/mol. The Morgan fingerprint density at radius 2 is 1.69 bits per heavy atom. The van der Waals surface area contributed by atoms with Crippen molar-refractivity contribution in [2.75, 3.05) is 13.7 Å². The second-order valence-corrected chi connectivity index (χ2v) is 6.30. The van der Waals surface area contributed by atoms with Crippen LogP contribution in [0.2, 0.25) is 0 Å². The fourth-order valence-electron chi connectivity index (χ4n) is 2.49. The predicted octanol–water partition coefficient (Wildman–Crippen LogP) is 4.15. The number of amides is 1. The lowest BCUT2D eigenvalue weighted by atomic mass is 10.0. The highest BCUT2D eigenvalue weighted by molar-refractivity contribution is 5.97. The van der Waals surface area contributed by atoms with E-state index < -0.39 is 12.1 Å². The first-order chi connectivity index (χ1) is 14.1. The second kappa shape index (κ2) is 12.1. The molecule has 2 rings (SSSR count). The number of ketones is 1. The molecule has 0 spiro atoms. The molecule has 0 heterocycles. The van der Waals surface area contributed by atoms with Gasteiger partial charge < -0.3 is 14.8 Å². The molecule has 0 atom stereocenters. The van der Waals surface area contributed by atoms with Crippen molar-refractivity contribution in [2.45, 2.75) is 25.9 Å². The van der Waals surface area contributed by atoms with Crippen molar-refractivity contribution < 1.29 is 23.9 Å². The number of Topliss-reactive ketones (excluding diaryl/α,β-unsaturated/α-hetero) is 1. The number of alkyl carbamates (subject to hydrolysis) is 1. The fraction of sp³-hybridized carbons (Fsp3) is 0.261. The van der Waals surface area contributed by atoms with Gasteiger partial charge in [-0.05, 0) is 17.5 Å². The first kappa shape index (κ1) is 21.9. The molecule has 0 aliphatic rings. The van der Waals surface area contributed by atoms with Crippen LogP contribution in [0.25, 0.3) is 6.08 Å². The molecule has 0 aromatic heterocycles. The lowest BCUT2D eigenvalue weighted by Crippen LogP contribution is -2.24. The van der Waals surface area contributed by atoms with Crippen molar-refractivity contribution in [3.05, 3.63) is 77.4 Å². The zero-order valence-corrected chi connectivity index (χ0v) is 16.4. The molecule has 0 bridgehead atoms. The summed E-state index contributed by atoms with van der Waals surface area (Å²) in [7, 11) is 1.30. The third kappa shape index (κ3) is 8.43. The molecule has 29 heavy (non-hydrogen) atoms. The Kier molecular flexibility index (Phi) is 9.15. The summed E-state index contributed by atoms with van der Waals surface area (Å²) < 4.78 is 9.67. The molecule has 1 amide bonds. The van der Waals surface area contributed by atoms with Gasteiger partial charge in [-0.2, -0.15) is 0 Å². The van der Waals surface area contributed by atoms with E-state index in [1.54, 1.807) is 12.1 Å². The Hall–Kier alpha value is -3.41. The summed E-state index contributed by atoms with van der Waals surface area (Å²) in [5.41, 5.74) is 2.45. The molecule has 0 aliphatic heterocycles. The van der Waals surface area contributed by atoms with Crippen molar-refractivity contribution >= 4 is 23.9 Å². The van der Waals surface area contributed by atoms with Crippen molar-refractivity contribution in [1.82, 2.24) is 5.32 Å². The van der Waals surface area contributed by atoms with Crippen molar-refractivity contribution in [3.63, 3.8) is 0 Å². The minimum absolute atomic E-state index is 0.0811. The van der Waals surface area contributed by atoms with Gasteiger partial charge in [-0.3, -0.25) is 9.59 Å². The van der Waals surface area contributed by atoms with Crippen molar-refractivity contribution in [2.24, 2.45) is 0 Å². The Labute approximate surface area is 170 Å². The second-order valence-electron chi connectivity index (χ2n) is 6.30. The number of ether oxygens (including phenoxy) is 2. The summed E-state index contributed by atoms with van der Waals surface area (Å²) >= 11 is 0. The van der Waals surface area contributed by atoms with Crippen LogP contribution < -0.4 is 5.32 Å². The molecular weight excluding hydrogens is 370 g/mol. The maximum Gasteiger partial charge on any atom is 0.407 e. The highest BCUT2D eigenvalue weighted by Crippen LogP contribution is 2.10. The third-order valence-corrected chi connectivity index (χ3v) is 4.12. The number of carbonyl (C=O) groups is 3. The van der Waals surface area contributed by atoms with Crippen molar-refractivity contribution in [1.29, 1.82) is 0 Å². The Bertz CT molecular complexity index is 828. The van der Waals surface area contributed by atoms with Gasteiger partial charge in [-0.15, -0.1) is 0 Å². The van der Waals surface area contributed by atoms with E-state index in [1.807, 2.05) is 54.6 Å². The van der Waals surface area contributed by atoms with E-state index in [-0.39, 0.29) is 25.2 Å². The van der Waals surface area contributed by atoms with E-state index in [4.69, 9.17) is 4.74 Å². The van der Waals surface area contributed by atoms with Gasteiger partial charge in [-0.1, -0.05) is 66.7 Å². The molecule has 6 nitrogen and oxygen atoms in total. The van der Waals surface area contributed by atoms with Gasteiger partial charge in [0.1, 0.15) is 6.61 Å². The highest BCUT2D eigenvalue weighted by Gasteiger charge is 2.09. The maximum absolute atomic E-state index is 12.0. The zero-order chi connectivity index (χ0) is 20.9. The van der Waals surface area contributed by atoms with E-state index >= 15 is 0 Å². The zero-order valence-electron chi connectivity index (χ0n) is 16.4.